The maximum Gasteiger partial charge on any atom is 0.324 e. The van der Waals surface area contributed by atoms with Crippen LogP contribution >= 0.6 is 69.7 Å². The molecule has 1 atom stereocenters. The Labute approximate surface area is 166 Å². The number of hydrogen-bond acceptors (Lipinski definition) is 9. The van der Waals surface area contributed by atoms with Crippen molar-refractivity contribution in [1.29, 1.82) is 0 Å². The van der Waals surface area contributed by atoms with Crippen molar-refractivity contribution < 1.29 is 4.57 Å². The highest BCUT2D eigenvalue weighted by Gasteiger charge is 2.37. The molecule has 2 aromatic rings. The zero-order valence-electron chi connectivity index (χ0n) is 11.4. The molecular formula is C13H10N2S8. The van der Waals surface area contributed by atoms with E-state index in [0.717, 1.165) is 11.5 Å². The van der Waals surface area contributed by atoms with Crippen LogP contribution in [0.1, 0.15) is 10.9 Å². The molecule has 0 aliphatic carbocycles. The van der Waals surface area contributed by atoms with Gasteiger partial charge in [-0.3, -0.25) is 9.83 Å². The van der Waals surface area contributed by atoms with Gasteiger partial charge in [0.25, 0.3) is 0 Å². The summed E-state index contributed by atoms with van der Waals surface area (Å²) in [7, 11) is 11.8. The molecule has 0 saturated heterocycles. The minimum absolute atomic E-state index is 0.192. The topological polar surface area (TPSA) is 16.2 Å². The van der Waals surface area contributed by atoms with E-state index in [1.807, 2.05) is 22.9 Å². The molecule has 0 radical (unpaired) electrons. The number of rotatable bonds is 8. The number of hydrogen-bond donors (Lipinski definition) is 0. The summed E-state index contributed by atoms with van der Waals surface area (Å²) in [6.07, 6.45) is 2.10. The lowest BCUT2D eigenvalue weighted by molar-refractivity contribution is -0.666. The maximum absolute atomic E-state index is 4.84. The van der Waals surface area contributed by atoms with Crippen molar-refractivity contribution in [2.75, 3.05) is 0 Å². The molecule has 1 aliphatic rings. The minimum atomic E-state index is 0.192. The van der Waals surface area contributed by atoms with Crippen LogP contribution in [0.5, 0.6) is 0 Å². The molecular weight excluding hydrogens is 441 g/mol. The number of fused-ring (bicyclic) bond motifs is 1. The number of pyridine rings is 1. The van der Waals surface area contributed by atoms with Gasteiger partial charge in [0.15, 0.2) is 0 Å². The molecule has 0 amide bonds. The number of aliphatic imine (C=N–C) groups is 1. The lowest BCUT2D eigenvalue weighted by Gasteiger charge is -2.09. The van der Waals surface area contributed by atoms with E-state index in [2.05, 4.69) is 47.2 Å². The average Bonchev–Trinajstić information content (AvgIpc) is 2.97. The van der Waals surface area contributed by atoms with Gasteiger partial charge in [-0.1, -0.05) is 36.4 Å². The third-order valence-corrected chi connectivity index (χ3v) is 16.2. The second-order valence-corrected chi connectivity index (χ2v) is 16.0. The summed E-state index contributed by atoms with van der Waals surface area (Å²) in [5.41, 5.74) is 2.29. The van der Waals surface area contributed by atoms with Crippen molar-refractivity contribution in [3.63, 3.8) is 0 Å². The first-order chi connectivity index (χ1) is 11.4. The summed E-state index contributed by atoms with van der Waals surface area (Å²) in [4.78, 5) is 4.83. The van der Waals surface area contributed by atoms with Crippen LogP contribution in [0.2, 0.25) is 0 Å². The van der Waals surface area contributed by atoms with E-state index >= 15 is 0 Å². The van der Waals surface area contributed by atoms with Gasteiger partial charge in [-0.2, -0.15) is 0 Å². The molecule has 1 aliphatic heterocycles. The first-order valence-electron chi connectivity index (χ1n) is 6.33. The Balaban J connectivity index is 1.69. The molecule has 0 fully saturated rings. The summed E-state index contributed by atoms with van der Waals surface area (Å²) in [6, 6.07) is 16.6. The van der Waals surface area contributed by atoms with Gasteiger partial charge in [0.2, 0.25) is 11.1 Å². The summed E-state index contributed by atoms with van der Waals surface area (Å²) < 4.78 is 2.23. The predicted molar refractivity (Wildman–Crippen MR) is 119 cm³/mol. The third kappa shape index (κ3) is 5.16. The molecule has 2 heterocycles. The molecule has 1 aromatic heterocycles. The highest BCUT2D eigenvalue weighted by molar-refractivity contribution is 9.47. The fourth-order valence-corrected chi connectivity index (χ4v) is 16.4. The minimum Gasteiger partial charge on any atom is -0.706 e. The number of benzene rings is 1. The first kappa shape index (κ1) is 18.6. The molecule has 0 spiro atoms. The Kier molecular flexibility index (Phi) is 8.18. The second-order valence-electron chi connectivity index (χ2n) is 4.19. The van der Waals surface area contributed by atoms with E-state index in [9.17, 15) is 0 Å². The fraction of sp³-hybridized carbons (Fsp3) is 0.0769. The van der Waals surface area contributed by atoms with Crippen molar-refractivity contribution in [3.8, 4) is 0 Å². The van der Waals surface area contributed by atoms with Gasteiger partial charge in [-0.25, -0.2) is 4.57 Å². The predicted octanol–water partition coefficient (Wildman–Crippen LogP) is 6.69. The van der Waals surface area contributed by atoms with E-state index in [4.69, 9.17) is 16.7 Å². The Hall–Kier alpha value is 0.840. The van der Waals surface area contributed by atoms with Crippen LogP contribution in [-0.4, -0.2) is 5.71 Å². The zero-order chi connectivity index (χ0) is 15.9. The number of nitrogens with zero attached hydrogens (tertiary/aromatic N) is 2. The van der Waals surface area contributed by atoms with E-state index in [0.29, 0.717) is 0 Å². The highest BCUT2D eigenvalue weighted by Crippen LogP contribution is 2.56. The molecule has 23 heavy (non-hydrogen) atoms. The molecule has 1 unspecified atom stereocenters. The van der Waals surface area contributed by atoms with Crippen molar-refractivity contribution >= 4 is 92.9 Å². The van der Waals surface area contributed by atoms with Crippen LogP contribution in [-0.2, 0) is 11.7 Å². The number of aromatic nitrogens is 1. The van der Waals surface area contributed by atoms with Gasteiger partial charge in [-0.15, -0.1) is 0 Å². The van der Waals surface area contributed by atoms with Crippen LogP contribution in [0, 0.1) is 0 Å². The lowest BCUT2D eigenvalue weighted by atomic mass is 10.1. The normalized spacial score (nSPS) is 16.2. The lowest BCUT2D eigenvalue weighted by Crippen LogP contribution is -2.37. The van der Waals surface area contributed by atoms with E-state index in [-0.39, 0.29) is 5.37 Å². The van der Waals surface area contributed by atoms with Gasteiger partial charge in [0.05, 0.1) is 6.20 Å². The first-order valence-corrected chi connectivity index (χ1v) is 16.1. The van der Waals surface area contributed by atoms with E-state index in [1.54, 1.807) is 49.1 Å². The van der Waals surface area contributed by atoms with Gasteiger partial charge in [-0.05, 0) is 71.0 Å². The van der Waals surface area contributed by atoms with Gasteiger partial charge in [0, 0.05) is 11.6 Å². The molecule has 0 bridgehead atoms. The molecule has 10 heteroatoms. The fourth-order valence-electron chi connectivity index (χ4n) is 2.06. The van der Waals surface area contributed by atoms with Crippen molar-refractivity contribution in [3.05, 3.63) is 60.3 Å². The SMILES string of the molecule is [S-]SSSSSSSC1C(c2ccccc2)=Nc2cccc[n+]21. The molecule has 0 N–H and O–H groups in total. The Morgan fingerprint density at radius 3 is 2.43 bits per heavy atom. The highest BCUT2D eigenvalue weighted by atomic mass is 34.0. The van der Waals surface area contributed by atoms with Crippen molar-refractivity contribution in [1.82, 2.24) is 0 Å². The third-order valence-electron chi connectivity index (χ3n) is 2.93. The molecule has 1 aromatic carbocycles. The van der Waals surface area contributed by atoms with Gasteiger partial charge in [0.1, 0.15) is 0 Å². The average molecular weight is 451 g/mol. The quantitative estimate of drug-likeness (QED) is 0.189. The zero-order valence-corrected chi connectivity index (χ0v) is 18.0. The van der Waals surface area contributed by atoms with Crippen molar-refractivity contribution in [2.24, 2.45) is 4.99 Å². The van der Waals surface area contributed by atoms with Crippen LogP contribution in [0.4, 0.5) is 5.82 Å². The Morgan fingerprint density at radius 1 is 0.870 bits per heavy atom. The van der Waals surface area contributed by atoms with Crippen LogP contribution in [0.3, 0.4) is 0 Å². The maximum atomic E-state index is 4.84. The van der Waals surface area contributed by atoms with Gasteiger partial charge >= 0.3 is 5.82 Å². The van der Waals surface area contributed by atoms with E-state index < -0.39 is 0 Å². The molecule has 120 valence electrons. The largest absolute Gasteiger partial charge is 0.706 e. The summed E-state index contributed by atoms with van der Waals surface area (Å²) in [5.74, 6) is 1.01. The van der Waals surface area contributed by atoms with Gasteiger partial charge < -0.3 is 11.7 Å². The standard InChI is InChI=1S/C13H10N2S8/c16-18-20-22-23-21-19-17-13-12(10-6-2-1-3-7-10)14-11-8-4-5-9-15(11)13/h1-9,13H. The van der Waals surface area contributed by atoms with Crippen LogP contribution < -0.4 is 4.57 Å². The summed E-state index contributed by atoms with van der Waals surface area (Å²) >= 11 is 4.84. The van der Waals surface area contributed by atoms with Crippen LogP contribution in [0.15, 0.2) is 59.7 Å². The second kappa shape index (κ2) is 10.1. The Morgan fingerprint density at radius 2 is 1.61 bits per heavy atom. The monoisotopic (exact) mass is 450 g/mol. The Bertz CT molecular complexity index is 666. The molecule has 0 saturated carbocycles. The summed E-state index contributed by atoms with van der Waals surface area (Å²) in [5, 5.41) is 0.192. The van der Waals surface area contributed by atoms with Crippen LogP contribution in [0.25, 0.3) is 0 Å². The van der Waals surface area contributed by atoms with Crippen molar-refractivity contribution in [2.45, 2.75) is 5.37 Å². The smallest absolute Gasteiger partial charge is 0.324 e. The molecule has 2 nitrogen and oxygen atoms in total. The molecule has 3 rings (SSSR count). The van der Waals surface area contributed by atoms with E-state index in [1.165, 1.54) is 15.4 Å². The summed E-state index contributed by atoms with van der Waals surface area (Å²) in [6.45, 7) is 0.